The minimum atomic E-state index is -0.417. The summed E-state index contributed by atoms with van der Waals surface area (Å²) in [7, 11) is 0. The van der Waals surface area contributed by atoms with Gasteiger partial charge in [-0.15, -0.1) is 0 Å². The molecule has 0 heterocycles. The van der Waals surface area contributed by atoms with Gasteiger partial charge in [0.15, 0.2) is 0 Å². The lowest BCUT2D eigenvalue weighted by Crippen LogP contribution is -2.54. The summed E-state index contributed by atoms with van der Waals surface area (Å²) in [5.41, 5.74) is -0.238. The Hall–Kier alpha value is -2.11. The summed E-state index contributed by atoms with van der Waals surface area (Å²) in [6, 6.07) is 5.78. The number of hydrogen-bond donors (Lipinski definition) is 1. The SMILES string of the molecule is O=C(CNC(=O)C12CC3CC(CC(C3)C1)C2)OCCCOc1ccc(F)cc1. The van der Waals surface area contributed by atoms with E-state index < -0.39 is 5.97 Å². The maximum absolute atomic E-state index is 12.8. The Bertz CT molecular complexity index is 682. The first-order valence-electron chi connectivity index (χ1n) is 10.3. The Balaban J connectivity index is 1.13. The molecule has 0 aromatic heterocycles. The summed E-state index contributed by atoms with van der Waals surface area (Å²) >= 11 is 0. The van der Waals surface area contributed by atoms with E-state index in [0.29, 0.717) is 36.5 Å². The lowest BCUT2D eigenvalue weighted by molar-refractivity contribution is -0.151. The van der Waals surface area contributed by atoms with Crippen LogP contribution in [0.2, 0.25) is 0 Å². The fourth-order valence-electron chi connectivity index (χ4n) is 5.75. The van der Waals surface area contributed by atoms with E-state index in [1.165, 1.54) is 31.4 Å². The van der Waals surface area contributed by atoms with E-state index in [4.69, 9.17) is 9.47 Å². The van der Waals surface area contributed by atoms with E-state index >= 15 is 0 Å². The van der Waals surface area contributed by atoms with E-state index in [1.54, 1.807) is 12.1 Å². The number of carbonyl (C=O) groups is 2. The first-order chi connectivity index (χ1) is 13.5. The number of carbonyl (C=O) groups excluding carboxylic acids is 2. The van der Waals surface area contributed by atoms with Gasteiger partial charge in [-0.1, -0.05) is 0 Å². The van der Waals surface area contributed by atoms with Gasteiger partial charge in [0, 0.05) is 11.8 Å². The van der Waals surface area contributed by atoms with Crippen molar-refractivity contribution in [2.45, 2.75) is 44.9 Å². The van der Waals surface area contributed by atoms with Crippen LogP contribution in [0.5, 0.6) is 5.75 Å². The molecule has 1 N–H and O–H groups in total. The molecule has 0 unspecified atom stereocenters. The second kappa shape index (κ2) is 8.10. The van der Waals surface area contributed by atoms with Crippen LogP contribution in [-0.4, -0.2) is 31.6 Å². The average molecular weight is 389 g/mol. The zero-order valence-corrected chi connectivity index (χ0v) is 16.1. The van der Waals surface area contributed by atoms with Gasteiger partial charge in [-0.25, -0.2) is 4.39 Å². The number of hydrogen-bond acceptors (Lipinski definition) is 4. The van der Waals surface area contributed by atoms with Crippen molar-refractivity contribution in [3.8, 4) is 5.75 Å². The third-order valence-electron chi connectivity index (χ3n) is 6.55. The molecule has 1 aromatic carbocycles. The molecule has 4 aliphatic carbocycles. The molecule has 0 aliphatic heterocycles. The Morgan fingerprint density at radius 1 is 1.00 bits per heavy atom. The van der Waals surface area contributed by atoms with Crippen LogP contribution < -0.4 is 10.1 Å². The van der Waals surface area contributed by atoms with E-state index in [0.717, 1.165) is 19.3 Å². The van der Waals surface area contributed by atoms with E-state index in [-0.39, 0.29) is 30.3 Å². The highest BCUT2D eigenvalue weighted by Gasteiger charge is 2.54. The molecule has 5 nitrogen and oxygen atoms in total. The Labute approximate surface area is 165 Å². The molecule has 0 spiro atoms. The molecule has 4 saturated carbocycles. The number of halogens is 1. The van der Waals surface area contributed by atoms with Crippen LogP contribution in [0.15, 0.2) is 24.3 Å². The van der Waals surface area contributed by atoms with Crippen LogP contribution in [0.25, 0.3) is 0 Å². The third kappa shape index (κ3) is 4.31. The van der Waals surface area contributed by atoms with Gasteiger partial charge in [-0.3, -0.25) is 9.59 Å². The second-order valence-electron chi connectivity index (χ2n) is 8.76. The second-order valence-corrected chi connectivity index (χ2v) is 8.76. The summed E-state index contributed by atoms with van der Waals surface area (Å²) < 4.78 is 23.4. The van der Waals surface area contributed by atoms with Crippen molar-refractivity contribution in [3.63, 3.8) is 0 Å². The predicted molar refractivity (Wildman–Crippen MR) is 101 cm³/mol. The van der Waals surface area contributed by atoms with Crippen molar-refractivity contribution in [1.29, 1.82) is 0 Å². The smallest absolute Gasteiger partial charge is 0.325 e. The number of esters is 1. The summed E-state index contributed by atoms with van der Waals surface area (Å²) in [6.07, 6.45) is 7.35. The van der Waals surface area contributed by atoms with E-state index in [2.05, 4.69) is 5.32 Å². The minimum Gasteiger partial charge on any atom is -0.493 e. The van der Waals surface area contributed by atoms with Gasteiger partial charge in [-0.2, -0.15) is 0 Å². The van der Waals surface area contributed by atoms with Gasteiger partial charge in [0.05, 0.1) is 13.2 Å². The number of rotatable bonds is 8. The van der Waals surface area contributed by atoms with Gasteiger partial charge >= 0.3 is 5.97 Å². The molecule has 1 amide bonds. The highest BCUT2D eigenvalue weighted by atomic mass is 19.1. The fourth-order valence-corrected chi connectivity index (χ4v) is 5.75. The maximum atomic E-state index is 12.8. The quantitative estimate of drug-likeness (QED) is 0.546. The van der Waals surface area contributed by atoms with Crippen LogP contribution in [0.4, 0.5) is 4.39 Å². The highest BCUT2D eigenvalue weighted by molar-refractivity contribution is 5.86. The van der Waals surface area contributed by atoms with Gasteiger partial charge < -0.3 is 14.8 Å². The number of nitrogens with one attached hydrogen (secondary N) is 1. The van der Waals surface area contributed by atoms with Crippen LogP contribution in [0.3, 0.4) is 0 Å². The van der Waals surface area contributed by atoms with Crippen molar-refractivity contribution in [2.75, 3.05) is 19.8 Å². The molecule has 0 saturated heterocycles. The molecule has 0 atom stereocenters. The van der Waals surface area contributed by atoms with Gasteiger partial charge in [0.2, 0.25) is 5.91 Å². The molecule has 28 heavy (non-hydrogen) atoms. The summed E-state index contributed by atoms with van der Waals surface area (Å²) in [5, 5.41) is 2.83. The van der Waals surface area contributed by atoms with Gasteiger partial charge in [-0.05, 0) is 80.5 Å². The van der Waals surface area contributed by atoms with Crippen molar-refractivity contribution < 1.29 is 23.5 Å². The molecular weight excluding hydrogens is 361 g/mol. The topological polar surface area (TPSA) is 64.6 Å². The largest absolute Gasteiger partial charge is 0.493 e. The zero-order chi connectivity index (χ0) is 19.6. The molecular formula is C22H28FNO4. The normalized spacial score (nSPS) is 30.1. The maximum Gasteiger partial charge on any atom is 0.325 e. The monoisotopic (exact) mass is 389 g/mol. The van der Waals surface area contributed by atoms with Crippen LogP contribution in [0, 0.1) is 29.0 Å². The van der Waals surface area contributed by atoms with Crippen molar-refractivity contribution in [1.82, 2.24) is 5.32 Å². The Morgan fingerprint density at radius 3 is 2.21 bits per heavy atom. The van der Waals surface area contributed by atoms with Crippen molar-refractivity contribution >= 4 is 11.9 Å². The zero-order valence-electron chi connectivity index (χ0n) is 16.1. The summed E-state index contributed by atoms with van der Waals surface area (Å²) in [5.74, 6) is 2.00. The number of benzene rings is 1. The van der Waals surface area contributed by atoms with Crippen LogP contribution >= 0.6 is 0 Å². The fraction of sp³-hybridized carbons (Fsp3) is 0.636. The molecule has 4 fully saturated rings. The van der Waals surface area contributed by atoms with E-state index in [1.807, 2.05) is 0 Å². The molecule has 5 rings (SSSR count). The molecule has 4 aliphatic rings. The summed E-state index contributed by atoms with van der Waals surface area (Å²) in [4.78, 5) is 24.7. The lowest BCUT2D eigenvalue weighted by atomic mass is 9.49. The number of ether oxygens (including phenoxy) is 2. The molecule has 1 aromatic rings. The van der Waals surface area contributed by atoms with Gasteiger partial charge in [0.25, 0.3) is 0 Å². The van der Waals surface area contributed by atoms with Crippen molar-refractivity contribution in [3.05, 3.63) is 30.1 Å². The summed E-state index contributed by atoms with van der Waals surface area (Å²) in [6.45, 7) is 0.533. The standard InChI is InChI=1S/C22H28FNO4/c23-18-2-4-19(5-3-18)27-6-1-7-28-20(25)14-24-21(26)22-11-15-8-16(12-22)10-17(9-15)13-22/h2-5,15-17H,1,6-14H2,(H,24,26). The van der Waals surface area contributed by atoms with Crippen LogP contribution in [-0.2, 0) is 14.3 Å². The van der Waals surface area contributed by atoms with Crippen molar-refractivity contribution in [2.24, 2.45) is 23.2 Å². The molecule has 152 valence electrons. The van der Waals surface area contributed by atoms with Gasteiger partial charge in [0.1, 0.15) is 18.1 Å². The molecule has 6 heteroatoms. The third-order valence-corrected chi connectivity index (χ3v) is 6.55. The average Bonchev–Trinajstić information content (AvgIpc) is 2.66. The lowest BCUT2D eigenvalue weighted by Gasteiger charge is -2.55. The minimum absolute atomic E-state index is 0.0446. The molecule has 4 bridgehead atoms. The Morgan fingerprint density at radius 2 is 1.61 bits per heavy atom. The predicted octanol–water partition coefficient (Wildman–Crippen LogP) is 3.47. The van der Waals surface area contributed by atoms with E-state index in [9.17, 15) is 14.0 Å². The Kier molecular flexibility index (Phi) is 5.56. The molecule has 0 radical (unpaired) electrons. The number of amides is 1. The highest BCUT2D eigenvalue weighted by Crippen LogP contribution is 2.60. The first kappa shape index (κ1) is 19.2. The first-order valence-corrected chi connectivity index (χ1v) is 10.3. The van der Waals surface area contributed by atoms with Crippen LogP contribution in [0.1, 0.15) is 44.9 Å².